The number of aliphatic hydroxyl groups is 1. The molecular weight excluding hydrogens is 262 g/mol. The molecule has 1 unspecified atom stereocenters. The minimum Gasteiger partial charge on any atom is -0.391 e. The van der Waals surface area contributed by atoms with Crippen LogP contribution in [0.2, 0.25) is 0 Å². The topological polar surface area (TPSA) is 74.2 Å². The minimum absolute atomic E-state index is 0.237. The van der Waals surface area contributed by atoms with Crippen LogP contribution in [0.5, 0.6) is 0 Å². The van der Waals surface area contributed by atoms with E-state index in [0.29, 0.717) is 6.54 Å². The molecule has 3 N–H and O–H groups in total. The first-order chi connectivity index (χ1) is 8.70. The van der Waals surface area contributed by atoms with Gasteiger partial charge in [0.25, 0.3) is 0 Å². The van der Waals surface area contributed by atoms with E-state index in [-0.39, 0.29) is 18.0 Å². The van der Waals surface area contributed by atoms with Crippen molar-refractivity contribution in [3.8, 4) is 0 Å². The summed E-state index contributed by atoms with van der Waals surface area (Å²) >= 11 is 1.58. The van der Waals surface area contributed by atoms with E-state index < -0.39 is 6.10 Å². The van der Waals surface area contributed by atoms with Crippen LogP contribution in [0, 0.1) is 19.3 Å². The summed E-state index contributed by atoms with van der Waals surface area (Å²) in [5.74, 6) is 0. The van der Waals surface area contributed by atoms with Crippen LogP contribution >= 0.6 is 11.3 Å². The van der Waals surface area contributed by atoms with Gasteiger partial charge in [-0.1, -0.05) is 20.8 Å². The predicted molar refractivity (Wildman–Crippen MR) is 77.3 cm³/mol. The van der Waals surface area contributed by atoms with Crippen molar-refractivity contribution in [3.05, 3.63) is 15.6 Å². The molecule has 5 nitrogen and oxygen atoms in total. The van der Waals surface area contributed by atoms with Crippen molar-refractivity contribution in [2.75, 3.05) is 6.54 Å². The fourth-order valence-electron chi connectivity index (χ4n) is 1.46. The zero-order valence-electron chi connectivity index (χ0n) is 12.2. The summed E-state index contributed by atoms with van der Waals surface area (Å²) in [5, 5.41) is 16.3. The van der Waals surface area contributed by atoms with Crippen LogP contribution in [0.3, 0.4) is 0 Å². The molecule has 1 heterocycles. The van der Waals surface area contributed by atoms with Crippen LogP contribution in [-0.2, 0) is 6.54 Å². The maximum Gasteiger partial charge on any atom is 0.315 e. The molecular formula is C13H23N3O2S. The van der Waals surface area contributed by atoms with Crippen molar-refractivity contribution in [2.24, 2.45) is 5.41 Å². The fraction of sp³-hybridized carbons (Fsp3) is 0.692. The highest BCUT2D eigenvalue weighted by atomic mass is 32.1. The monoisotopic (exact) mass is 285 g/mol. The predicted octanol–water partition coefficient (Wildman–Crippen LogP) is 1.97. The summed E-state index contributed by atoms with van der Waals surface area (Å²) in [6.07, 6.45) is -0.564. The van der Waals surface area contributed by atoms with E-state index in [1.165, 1.54) is 0 Å². The molecule has 0 aromatic carbocycles. The first-order valence-corrected chi connectivity index (χ1v) is 7.14. The van der Waals surface area contributed by atoms with Gasteiger partial charge in [0.15, 0.2) is 0 Å². The number of thiazole rings is 1. The Balaban J connectivity index is 2.35. The number of hydrogen-bond acceptors (Lipinski definition) is 4. The van der Waals surface area contributed by atoms with Crippen molar-refractivity contribution in [1.29, 1.82) is 0 Å². The van der Waals surface area contributed by atoms with Crippen molar-refractivity contribution >= 4 is 17.4 Å². The van der Waals surface area contributed by atoms with E-state index in [1.807, 2.05) is 34.6 Å². The highest BCUT2D eigenvalue weighted by Crippen LogP contribution is 2.18. The van der Waals surface area contributed by atoms with Gasteiger partial charge in [0.1, 0.15) is 0 Å². The molecule has 1 rings (SSSR count). The molecule has 0 radical (unpaired) electrons. The van der Waals surface area contributed by atoms with Gasteiger partial charge in [-0.2, -0.15) is 0 Å². The average Bonchev–Trinajstić information content (AvgIpc) is 2.60. The van der Waals surface area contributed by atoms with E-state index >= 15 is 0 Å². The Morgan fingerprint density at radius 2 is 2.00 bits per heavy atom. The van der Waals surface area contributed by atoms with Gasteiger partial charge < -0.3 is 15.7 Å². The lowest BCUT2D eigenvalue weighted by Gasteiger charge is -2.25. The molecule has 6 heteroatoms. The van der Waals surface area contributed by atoms with Gasteiger partial charge in [-0.05, 0) is 19.3 Å². The first-order valence-electron chi connectivity index (χ1n) is 6.33. The standard InChI is InChI=1S/C13H23N3O2S/c1-8-10(19-9(2)16-8)6-14-12(18)15-7-11(17)13(3,4)5/h11,17H,6-7H2,1-5H3,(H2,14,15,18). The highest BCUT2D eigenvalue weighted by Gasteiger charge is 2.22. The molecule has 108 valence electrons. The zero-order valence-corrected chi connectivity index (χ0v) is 13.0. The number of rotatable bonds is 4. The Morgan fingerprint density at radius 1 is 1.37 bits per heavy atom. The molecule has 0 aliphatic heterocycles. The Morgan fingerprint density at radius 3 is 2.47 bits per heavy atom. The lowest BCUT2D eigenvalue weighted by Crippen LogP contribution is -2.43. The van der Waals surface area contributed by atoms with Crippen LogP contribution in [-0.4, -0.2) is 28.8 Å². The molecule has 0 fully saturated rings. The van der Waals surface area contributed by atoms with Gasteiger partial charge in [-0.3, -0.25) is 0 Å². The van der Waals surface area contributed by atoms with Gasteiger partial charge >= 0.3 is 6.03 Å². The van der Waals surface area contributed by atoms with Gasteiger partial charge in [0.2, 0.25) is 0 Å². The number of hydrogen-bond donors (Lipinski definition) is 3. The van der Waals surface area contributed by atoms with Crippen molar-refractivity contribution in [2.45, 2.75) is 47.3 Å². The zero-order chi connectivity index (χ0) is 14.6. The number of amides is 2. The van der Waals surface area contributed by atoms with Gasteiger partial charge in [0, 0.05) is 11.4 Å². The first kappa shape index (κ1) is 15.9. The third-order valence-electron chi connectivity index (χ3n) is 2.86. The summed E-state index contributed by atoms with van der Waals surface area (Å²) in [6, 6.07) is -0.270. The largest absolute Gasteiger partial charge is 0.391 e. The number of nitrogens with zero attached hydrogens (tertiary/aromatic N) is 1. The van der Waals surface area contributed by atoms with E-state index in [1.54, 1.807) is 11.3 Å². The van der Waals surface area contributed by atoms with Crippen LogP contribution in [0.1, 0.15) is 36.3 Å². The molecule has 19 heavy (non-hydrogen) atoms. The Kier molecular flexibility index (Phi) is 5.31. The third-order valence-corrected chi connectivity index (χ3v) is 3.94. The molecule has 0 saturated carbocycles. The van der Waals surface area contributed by atoms with Crippen LogP contribution in [0.4, 0.5) is 4.79 Å². The van der Waals surface area contributed by atoms with E-state index in [9.17, 15) is 9.90 Å². The normalized spacial score (nSPS) is 13.2. The fourth-order valence-corrected chi connectivity index (χ4v) is 2.33. The van der Waals surface area contributed by atoms with Gasteiger partial charge in [-0.25, -0.2) is 9.78 Å². The van der Waals surface area contributed by atoms with Gasteiger partial charge in [0.05, 0.1) is 23.4 Å². The molecule has 1 aromatic rings. The van der Waals surface area contributed by atoms with E-state index in [4.69, 9.17) is 0 Å². The second-order valence-corrected chi connectivity index (χ2v) is 6.97. The van der Waals surface area contributed by atoms with Crippen LogP contribution < -0.4 is 10.6 Å². The highest BCUT2D eigenvalue weighted by molar-refractivity contribution is 7.11. The van der Waals surface area contributed by atoms with Crippen molar-refractivity contribution in [1.82, 2.24) is 15.6 Å². The minimum atomic E-state index is -0.564. The lowest BCUT2D eigenvalue weighted by molar-refractivity contribution is 0.0650. The average molecular weight is 285 g/mol. The Hall–Kier alpha value is -1.14. The number of carbonyl (C=O) groups is 1. The third kappa shape index (κ3) is 5.16. The smallest absolute Gasteiger partial charge is 0.315 e. The molecule has 0 aliphatic rings. The Labute approximate surface area is 118 Å². The maximum atomic E-state index is 11.6. The molecule has 0 spiro atoms. The van der Waals surface area contributed by atoms with E-state index in [2.05, 4.69) is 15.6 Å². The molecule has 1 atom stereocenters. The van der Waals surface area contributed by atoms with Crippen LogP contribution in [0.15, 0.2) is 0 Å². The molecule has 1 aromatic heterocycles. The molecule has 0 aliphatic carbocycles. The second kappa shape index (κ2) is 6.34. The quantitative estimate of drug-likeness (QED) is 0.792. The maximum absolute atomic E-state index is 11.6. The number of carbonyl (C=O) groups excluding carboxylic acids is 1. The SMILES string of the molecule is Cc1nc(C)c(CNC(=O)NCC(O)C(C)(C)C)s1. The summed E-state index contributed by atoms with van der Waals surface area (Å²) in [5.41, 5.74) is 0.719. The number of aryl methyl sites for hydroxylation is 2. The van der Waals surface area contributed by atoms with Crippen molar-refractivity contribution in [3.63, 3.8) is 0 Å². The number of urea groups is 1. The summed E-state index contributed by atoms with van der Waals surface area (Å²) in [7, 11) is 0. The van der Waals surface area contributed by atoms with Crippen molar-refractivity contribution < 1.29 is 9.90 Å². The molecule has 2 amide bonds. The van der Waals surface area contributed by atoms with Crippen LogP contribution in [0.25, 0.3) is 0 Å². The molecule has 0 bridgehead atoms. The second-order valence-electron chi connectivity index (χ2n) is 5.69. The van der Waals surface area contributed by atoms with E-state index in [0.717, 1.165) is 15.6 Å². The van der Waals surface area contributed by atoms with Gasteiger partial charge in [-0.15, -0.1) is 11.3 Å². The summed E-state index contributed by atoms with van der Waals surface area (Å²) in [6.45, 7) is 10.4. The molecule has 0 saturated heterocycles. The summed E-state index contributed by atoms with van der Waals surface area (Å²) < 4.78 is 0. The number of aliphatic hydroxyl groups excluding tert-OH is 1. The lowest BCUT2D eigenvalue weighted by atomic mass is 9.89. The Bertz CT molecular complexity index is 438. The number of aromatic nitrogens is 1. The number of nitrogens with one attached hydrogen (secondary N) is 2. The summed E-state index contributed by atoms with van der Waals surface area (Å²) in [4.78, 5) is 17.0.